The topological polar surface area (TPSA) is 29.0 Å². The standard InChI is InChI=1S/C49H31N3/c1-2-15-37(16-3-1)52-45-22-9-8-21-42(45)49(40-19-6-4-17-38(40)39-18-5-7-20-41(39)49)43-31-35(26-28-46(43)52)34-12-10-13-36(30-34)44-27-25-33-24-23-32-14-11-29-50-47(32)48(33)51-44/h1-31H. The Hall–Kier alpha value is -6.84. The molecule has 0 N–H and O–H groups in total. The van der Waals surface area contributed by atoms with Crippen LogP contribution in [0.2, 0.25) is 0 Å². The Kier molecular flexibility index (Phi) is 6.17. The molecule has 0 fully saturated rings. The van der Waals surface area contributed by atoms with E-state index < -0.39 is 5.41 Å². The highest BCUT2D eigenvalue weighted by Gasteiger charge is 2.51. The third-order valence-corrected chi connectivity index (χ3v) is 11.1. The molecule has 242 valence electrons. The average molecular weight is 662 g/mol. The summed E-state index contributed by atoms with van der Waals surface area (Å²) in [5.74, 6) is 0. The van der Waals surface area contributed by atoms with Gasteiger partial charge in [0, 0.05) is 28.2 Å². The van der Waals surface area contributed by atoms with Crippen LogP contribution in [0.5, 0.6) is 0 Å². The Morgan fingerprint density at radius 3 is 1.85 bits per heavy atom. The van der Waals surface area contributed by atoms with Crippen molar-refractivity contribution in [2.45, 2.75) is 5.41 Å². The number of benzene rings is 7. The van der Waals surface area contributed by atoms with Crippen molar-refractivity contribution in [2.24, 2.45) is 0 Å². The Morgan fingerprint density at radius 1 is 0.404 bits per heavy atom. The molecule has 1 spiro atoms. The largest absolute Gasteiger partial charge is 0.310 e. The highest BCUT2D eigenvalue weighted by atomic mass is 15.2. The molecule has 1 aliphatic carbocycles. The molecule has 0 amide bonds. The minimum absolute atomic E-state index is 0.494. The van der Waals surface area contributed by atoms with Crippen LogP contribution >= 0.6 is 0 Å². The number of fused-ring (bicyclic) bond motifs is 12. The second kappa shape index (κ2) is 11.1. The van der Waals surface area contributed by atoms with Gasteiger partial charge in [0.1, 0.15) is 0 Å². The van der Waals surface area contributed by atoms with Crippen LogP contribution in [0, 0.1) is 0 Å². The Bertz CT molecular complexity index is 2830. The molecule has 7 aromatic carbocycles. The highest BCUT2D eigenvalue weighted by molar-refractivity contribution is 6.03. The Balaban J connectivity index is 1.15. The summed E-state index contributed by atoms with van der Waals surface area (Å²) in [5, 5.41) is 2.18. The maximum atomic E-state index is 5.19. The number of hydrogen-bond donors (Lipinski definition) is 0. The third kappa shape index (κ3) is 4.02. The van der Waals surface area contributed by atoms with E-state index in [0.29, 0.717) is 0 Å². The summed E-state index contributed by atoms with van der Waals surface area (Å²) >= 11 is 0. The minimum Gasteiger partial charge on any atom is -0.310 e. The lowest BCUT2D eigenvalue weighted by Crippen LogP contribution is -2.36. The van der Waals surface area contributed by atoms with E-state index in [-0.39, 0.29) is 0 Å². The van der Waals surface area contributed by atoms with E-state index in [9.17, 15) is 0 Å². The van der Waals surface area contributed by atoms with Gasteiger partial charge >= 0.3 is 0 Å². The van der Waals surface area contributed by atoms with E-state index in [1.54, 1.807) is 0 Å². The van der Waals surface area contributed by atoms with Crippen LogP contribution in [-0.4, -0.2) is 9.97 Å². The quantitative estimate of drug-likeness (QED) is 0.176. The van der Waals surface area contributed by atoms with E-state index >= 15 is 0 Å². The van der Waals surface area contributed by atoms with Gasteiger partial charge in [-0.05, 0) is 93.0 Å². The van der Waals surface area contributed by atoms with Gasteiger partial charge in [-0.15, -0.1) is 0 Å². The molecule has 3 heteroatoms. The van der Waals surface area contributed by atoms with E-state index in [2.05, 4.69) is 181 Å². The number of para-hydroxylation sites is 2. The zero-order valence-corrected chi connectivity index (χ0v) is 28.2. The summed E-state index contributed by atoms with van der Waals surface area (Å²) in [4.78, 5) is 12.3. The van der Waals surface area contributed by atoms with Crippen LogP contribution in [0.25, 0.3) is 55.3 Å². The molecule has 9 aromatic rings. The van der Waals surface area contributed by atoms with Gasteiger partial charge < -0.3 is 4.90 Å². The highest BCUT2D eigenvalue weighted by Crippen LogP contribution is 2.63. The SMILES string of the molecule is c1ccc(N2c3ccccc3C3(c4ccccc4-c4ccccc43)c3cc(-c4cccc(-c5ccc6ccc7cccnc7c6n5)c4)ccc32)cc1. The first kappa shape index (κ1) is 28.9. The number of pyridine rings is 2. The molecule has 3 heterocycles. The summed E-state index contributed by atoms with van der Waals surface area (Å²) in [6.07, 6.45) is 1.85. The van der Waals surface area contributed by atoms with Crippen molar-refractivity contribution in [2.75, 3.05) is 4.90 Å². The maximum absolute atomic E-state index is 5.19. The van der Waals surface area contributed by atoms with Crippen LogP contribution in [0.15, 0.2) is 188 Å². The second-order valence-electron chi connectivity index (χ2n) is 13.8. The molecule has 2 aromatic heterocycles. The van der Waals surface area contributed by atoms with Crippen LogP contribution in [-0.2, 0) is 5.41 Å². The summed E-state index contributed by atoms with van der Waals surface area (Å²) in [6.45, 7) is 0. The Labute approximate surface area is 302 Å². The second-order valence-corrected chi connectivity index (χ2v) is 13.8. The lowest BCUT2D eigenvalue weighted by Gasteiger charge is -2.45. The lowest BCUT2D eigenvalue weighted by molar-refractivity contribution is 0.753. The fourth-order valence-electron chi connectivity index (χ4n) is 8.88. The molecular formula is C49H31N3. The molecule has 0 radical (unpaired) electrons. The zero-order valence-electron chi connectivity index (χ0n) is 28.2. The number of rotatable bonds is 3. The van der Waals surface area contributed by atoms with Crippen LogP contribution < -0.4 is 4.90 Å². The van der Waals surface area contributed by atoms with E-state index in [1.165, 1.54) is 50.3 Å². The number of nitrogens with zero attached hydrogens (tertiary/aromatic N) is 3. The van der Waals surface area contributed by atoms with Crippen molar-refractivity contribution in [1.29, 1.82) is 0 Å². The van der Waals surface area contributed by atoms with Crippen LogP contribution in [0.1, 0.15) is 22.3 Å². The molecule has 0 saturated carbocycles. The molecule has 0 atom stereocenters. The van der Waals surface area contributed by atoms with Crippen molar-refractivity contribution in [3.8, 4) is 33.5 Å². The molecule has 0 bridgehead atoms. The number of aromatic nitrogens is 2. The minimum atomic E-state index is -0.494. The predicted octanol–water partition coefficient (Wildman–Crippen LogP) is 12.3. The summed E-state index contributed by atoms with van der Waals surface area (Å²) in [6, 6.07) is 66.2. The fourth-order valence-corrected chi connectivity index (χ4v) is 8.88. The average Bonchev–Trinajstić information content (AvgIpc) is 3.52. The first-order chi connectivity index (χ1) is 25.8. The molecular weight excluding hydrogens is 631 g/mol. The van der Waals surface area contributed by atoms with Gasteiger partial charge in [-0.3, -0.25) is 4.98 Å². The summed E-state index contributed by atoms with van der Waals surface area (Å²) < 4.78 is 0. The van der Waals surface area contributed by atoms with E-state index in [1.807, 2.05) is 12.3 Å². The lowest BCUT2D eigenvalue weighted by atomic mass is 9.64. The van der Waals surface area contributed by atoms with Gasteiger partial charge in [0.2, 0.25) is 0 Å². The van der Waals surface area contributed by atoms with Crippen LogP contribution in [0.4, 0.5) is 17.1 Å². The summed E-state index contributed by atoms with van der Waals surface area (Å²) in [7, 11) is 0. The normalized spacial score (nSPS) is 13.5. The molecule has 0 saturated heterocycles. The van der Waals surface area contributed by atoms with E-state index in [4.69, 9.17) is 9.97 Å². The molecule has 3 nitrogen and oxygen atoms in total. The van der Waals surface area contributed by atoms with Crippen molar-refractivity contribution in [1.82, 2.24) is 9.97 Å². The van der Waals surface area contributed by atoms with Gasteiger partial charge in [0.25, 0.3) is 0 Å². The smallest absolute Gasteiger partial charge is 0.0972 e. The van der Waals surface area contributed by atoms with Gasteiger partial charge in [-0.1, -0.05) is 133 Å². The predicted molar refractivity (Wildman–Crippen MR) is 213 cm³/mol. The first-order valence-corrected chi connectivity index (χ1v) is 17.8. The fraction of sp³-hybridized carbons (Fsp3) is 0.0204. The molecule has 52 heavy (non-hydrogen) atoms. The monoisotopic (exact) mass is 661 g/mol. The van der Waals surface area contributed by atoms with Crippen molar-refractivity contribution in [3.05, 3.63) is 210 Å². The molecule has 2 aliphatic rings. The molecule has 1 aliphatic heterocycles. The van der Waals surface area contributed by atoms with Gasteiger partial charge in [-0.25, -0.2) is 4.98 Å². The first-order valence-electron chi connectivity index (χ1n) is 17.8. The molecule has 11 rings (SSSR count). The zero-order chi connectivity index (χ0) is 34.2. The van der Waals surface area contributed by atoms with E-state index in [0.717, 1.165) is 44.3 Å². The Morgan fingerprint density at radius 2 is 1.04 bits per heavy atom. The van der Waals surface area contributed by atoms with Gasteiger partial charge in [-0.2, -0.15) is 0 Å². The number of anilines is 3. The maximum Gasteiger partial charge on any atom is 0.0972 e. The van der Waals surface area contributed by atoms with Gasteiger partial charge in [0.05, 0.1) is 33.5 Å². The van der Waals surface area contributed by atoms with Crippen molar-refractivity contribution in [3.63, 3.8) is 0 Å². The third-order valence-electron chi connectivity index (χ3n) is 11.1. The van der Waals surface area contributed by atoms with Crippen molar-refractivity contribution < 1.29 is 0 Å². The number of hydrogen-bond acceptors (Lipinski definition) is 3. The van der Waals surface area contributed by atoms with Crippen molar-refractivity contribution >= 4 is 38.9 Å². The van der Waals surface area contributed by atoms with Gasteiger partial charge in [0.15, 0.2) is 0 Å². The molecule has 0 unspecified atom stereocenters. The summed E-state index contributed by atoms with van der Waals surface area (Å²) in [5.41, 5.74) is 17.0. The van der Waals surface area contributed by atoms with Crippen LogP contribution in [0.3, 0.4) is 0 Å².